The number of nitrogens with one attached hydrogen (secondary N) is 1. The minimum Gasteiger partial charge on any atom is -0.352 e. The van der Waals surface area contributed by atoms with Gasteiger partial charge in [0.05, 0.1) is 5.75 Å². The summed E-state index contributed by atoms with van der Waals surface area (Å²) in [4.78, 5) is 11.2. The molecule has 0 spiro atoms. The van der Waals surface area contributed by atoms with E-state index in [1.54, 1.807) is 13.8 Å². The lowest BCUT2D eigenvalue weighted by atomic mass is 9.93. The molecule has 0 aromatic rings. The first-order valence-electron chi connectivity index (χ1n) is 6.02. The maximum absolute atomic E-state index is 11.2. The maximum Gasteiger partial charge on any atom is 0.265 e. The first-order chi connectivity index (χ1) is 8.13. The molecule has 0 aromatic carbocycles. The lowest BCUT2D eigenvalue weighted by Crippen LogP contribution is -2.26. The molecule has 1 amide bonds. The lowest BCUT2D eigenvalue weighted by Gasteiger charge is -2.18. The molecule has 0 radical (unpaired) electrons. The van der Waals surface area contributed by atoms with Gasteiger partial charge < -0.3 is 5.32 Å². The van der Waals surface area contributed by atoms with Crippen LogP contribution in [-0.4, -0.2) is 31.2 Å². The van der Waals surface area contributed by atoms with Crippen LogP contribution in [0.4, 0.5) is 0 Å². The average Bonchev–Trinajstić information content (AvgIpc) is 2.20. The van der Waals surface area contributed by atoms with Gasteiger partial charge in [-0.05, 0) is 31.6 Å². The van der Waals surface area contributed by atoms with Gasteiger partial charge in [0.2, 0.25) is 5.91 Å². The van der Waals surface area contributed by atoms with Gasteiger partial charge in [0, 0.05) is 12.1 Å². The number of carbonyl (C=O) groups is 1. The second-order valence-electron chi connectivity index (χ2n) is 4.88. The third-order valence-electron chi connectivity index (χ3n) is 2.95. The van der Waals surface area contributed by atoms with E-state index in [-0.39, 0.29) is 23.5 Å². The van der Waals surface area contributed by atoms with Crippen LogP contribution in [0.25, 0.3) is 0 Å². The van der Waals surface area contributed by atoms with Crippen molar-refractivity contribution in [2.75, 3.05) is 12.3 Å². The van der Waals surface area contributed by atoms with Gasteiger partial charge in [0.1, 0.15) is 0 Å². The number of amides is 1. The Kier molecular flexibility index (Phi) is 7.16. The molecule has 0 aromatic heterocycles. The van der Waals surface area contributed by atoms with E-state index >= 15 is 0 Å². The second-order valence-corrected chi connectivity index (χ2v) is 6.38. The summed E-state index contributed by atoms with van der Waals surface area (Å²) < 4.78 is 30.2. The van der Waals surface area contributed by atoms with Gasteiger partial charge >= 0.3 is 0 Å². The van der Waals surface area contributed by atoms with E-state index in [9.17, 15) is 13.2 Å². The van der Waals surface area contributed by atoms with Gasteiger partial charge in [-0.3, -0.25) is 9.35 Å². The van der Waals surface area contributed by atoms with Crippen molar-refractivity contribution in [1.29, 1.82) is 0 Å². The number of rotatable bonds is 8. The zero-order chi connectivity index (χ0) is 14.3. The van der Waals surface area contributed by atoms with Crippen molar-refractivity contribution < 1.29 is 17.8 Å². The molecule has 18 heavy (non-hydrogen) atoms. The fourth-order valence-electron chi connectivity index (χ4n) is 1.56. The third kappa shape index (κ3) is 8.25. The van der Waals surface area contributed by atoms with Crippen LogP contribution < -0.4 is 5.32 Å². The highest BCUT2D eigenvalue weighted by atomic mass is 32.2. The van der Waals surface area contributed by atoms with Gasteiger partial charge in [0.25, 0.3) is 10.1 Å². The van der Waals surface area contributed by atoms with E-state index in [1.807, 2.05) is 6.92 Å². The fourth-order valence-corrected chi connectivity index (χ4v) is 2.55. The Bertz CT molecular complexity index is 389. The molecule has 0 aliphatic heterocycles. The molecular weight excluding hydrogens is 254 g/mol. The molecule has 106 valence electrons. The van der Waals surface area contributed by atoms with Gasteiger partial charge in [-0.2, -0.15) is 8.42 Å². The van der Waals surface area contributed by atoms with Crippen molar-refractivity contribution in [3.8, 4) is 0 Å². The Labute approximate surface area is 109 Å². The molecule has 2 atom stereocenters. The highest BCUT2D eigenvalue weighted by molar-refractivity contribution is 7.85. The van der Waals surface area contributed by atoms with Crippen LogP contribution in [0.2, 0.25) is 0 Å². The molecule has 6 heteroatoms. The van der Waals surface area contributed by atoms with Gasteiger partial charge in [-0.25, -0.2) is 0 Å². The molecule has 0 aliphatic rings. The largest absolute Gasteiger partial charge is 0.352 e. The molecule has 2 unspecified atom stereocenters. The molecule has 0 aliphatic carbocycles. The average molecular weight is 277 g/mol. The summed E-state index contributed by atoms with van der Waals surface area (Å²) in [7, 11) is -3.90. The Morgan fingerprint density at radius 2 is 1.89 bits per heavy atom. The smallest absolute Gasteiger partial charge is 0.265 e. The van der Waals surface area contributed by atoms with Crippen LogP contribution in [-0.2, 0) is 14.9 Å². The third-order valence-corrected chi connectivity index (χ3v) is 3.90. The highest BCUT2D eigenvalue weighted by Gasteiger charge is 2.18. The lowest BCUT2D eigenvalue weighted by molar-refractivity contribution is -0.117. The van der Waals surface area contributed by atoms with E-state index < -0.39 is 10.1 Å². The quantitative estimate of drug-likeness (QED) is 0.401. The number of hydrogen-bond acceptors (Lipinski definition) is 3. The summed E-state index contributed by atoms with van der Waals surface area (Å²) >= 11 is 0. The second kappa shape index (κ2) is 7.53. The Morgan fingerprint density at radius 3 is 2.33 bits per heavy atom. The summed E-state index contributed by atoms with van der Waals surface area (Å²) in [6.45, 7) is 9.46. The number of hydrogen-bond donors (Lipinski definition) is 2. The van der Waals surface area contributed by atoms with Crippen LogP contribution in [0.15, 0.2) is 12.2 Å². The summed E-state index contributed by atoms with van der Waals surface area (Å²) in [6.07, 6.45) is 1.57. The van der Waals surface area contributed by atoms with E-state index in [2.05, 4.69) is 11.9 Å². The van der Waals surface area contributed by atoms with E-state index in [1.165, 1.54) is 0 Å². The van der Waals surface area contributed by atoms with E-state index in [0.29, 0.717) is 12.1 Å². The SMILES string of the molecule is C=C(C)C(=O)NCCCC(C)C(C)CS(=O)(=O)O. The predicted octanol–water partition coefficient (Wildman–Crippen LogP) is 1.62. The maximum atomic E-state index is 11.2. The van der Waals surface area contributed by atoms with Crippen molar-refractivity contribution >= 4 is 16.0 Å². The molecule has 0 heterocycles. The molecule has 0 fully saturated rings. The van der Waals surface area contributed by atoms with Gasteiger partial charge in [-0.1, -0.05) is 20.4 Å². The first kappa shape index (κ1) is 17.1. The summed E-state index contributed by atoms with van der Waals surface area (Å²) in [6, 6.07) is 0. The molecule has 0 rings (SSSR count). The highest BCUT2D eigenvalue weighted by Crippen LogP contribution is 2.18. The van der Waals surface area contributed by atoms with Crippen molar-refractivity contribution in [3.63, 3.8) is 0 Å². The van der Waals surface area contributed by atoms with Crippen LogP contribution >= 0.6 is 0 Å². The monoisotopic (exact) mass is 277 g/mol. The van der Waals surface area contributed by atoms with Crippen LogP contribution in [0.3, 0.4) is 0 Å². The van der Waals surface area contributed by atoms with Crippen molar-refractivity contribution in [3.05, 3.63) is 12.2 Å². The molecule has 0 bridgehead atoms. The number of carbonyl (C=O) groups excluding carboxylic acids is 1. The van der Waals surface area contributed by atoms with Crippen LogP contribution in [0.1, 0.15) is 33.6 Å². The van der Waals surface area contributed by atoms with Gasteiger partial charge in [0.15, 0.2) is 0 Å². The first-order valence-corrected chi connectivity index (χ1v) is 7.63. The van der Waals surface area contributed by atoms with E-state index in [0.717, 1.165) is 12.8 Å². The predicted molar refractivity (Wildman–Crippen MR) is 71.8 cm³/mol. The summed E-state index contributed by atoms with van der Waals surface area (Å²) in [5.74, 6) is -0.300. The minimum atomic E-state index is -3.90. The molecule has 2 N–H and O–H groups in total. The van der Waals surface area contributed by atoms with Crippen molar-refractivity contribution in [1.82, 2.24) is 5.32 Å². The standard InChI is InChI=1S/C12H23NO4S/c1-9(2)12(14)13-7-5-6-10(3)11(4)8-18(15,16)17/h10-11H,1,5-8H2,2-4H3,(H,13,14)(H,15,16,17). The normalized spacial score (nSPS) is 14.9. The Morgan fingerprint density at radius 1 is 1.33 bits per heavy atom. The minimum absolute atomic E-state index is 0.100. The van der Waals surface area contributed by atoms with E-state index in [4.69, 9.17) is 4.55 Å². The zero-order valence-corrected chi connectivity index (χ0v) is 12.1. The topological polar surface area (TPSA) is 83.5 Å². The van der Waals surface area contributed by atoms with Crippen LogP contribution in [0.5, 0.6) is 0 Å². The van der Waals surface area contributed by atoms with Crippen molar-refractivity contribution in [2.45, 2.75) is 33.6 Å². The molecule has 0 saturated carbocycles. The Balaban J connectivity index is 3.87. The molecule has 0 saturated heterocycles. The summed E-state index contributed by atoms with van der Waals surface area (Å²) in [5, 5.41) is 2.72. The Hall–Kier alpha value is -0.880. The summed E-state index contributed by atoms with van der Waals surface area (Å²) in [5.41, 5.74) is 0.475. The molecular formula is C12H23NO4S. The zero-order valence-electron chi connectivity index (χ0n) is 11.3. The fraction of sp³-hybridized carbons (Fsp3) is 0.750. The molecule has 5 nitrogen and oxygen atoms in total. The van der Waals surface area contributed by atoms with Crippen molar-refractivity contribution in [2.24, 2.45) is 11.8 Å². The van der Waals surface area contributed by atoms with Gasteiger partial charge in [-0.15, -0.1) is 0 Å². The van der Waals surface area contributed by atoms with Crippen LogP contribution in [0, 0.1) is 11.8 Å².